The van der Waals surface area contributed by atoms with Crippen molar-refractivity contribution in [3.63, 3.8) is 0 Å². The fourth-order valence-corrected chi connectivity index (χ4v) is 5.66. The Morgan fingerprint density at radius 3 is 2.04 bits per heavy atom. The van der Waals surface area contributed by atoms with Crippen LogP contribution in [-0.4, -0.2) is 0 Å². The van der Waals surface area contributed by atoms with Gasteiger partial charge in [-0.25, -0.2) is 0 Å². The van der Waals surface area contributed by atoms with E-state index >= 15 is 0 Å². The van der Waals surface area contributed by atoms with Crippen LogP contribution in [0.2, 0.25) is 0 Å². The maximum atomic E-state index is 3.90. The molecule has 5 aromatic rings. The van der Waals surface area contributed by atoms with Crippen LogP contribution in [0.15, 0.2) is 83.3 Å². The Bertz CT molecular complexity index is 1200. The van der Waals surface area contributed by atoms with Crippen molar-refractivity contribution < 1.29 is 0 Å². The summed E-state index contributed by atoms with van der Waals surface area (Å²) in [5.74, 6) is 0. The van der Waals surface area contributed by atoms with Gasteiger partial charge in [0.05, 0.1) is 0 Å². The van der Waals surface area contributed by atoms with Gasteiger partial charge in [0.25, 0.3) is 0 Å². The van der Waals surface area contributed by atoms with Gasteiger partial charge < -0.3 is 0 Å². The zero-order valence-corrected chi connectivity index (χ0v) is 15.2. The first-order valence-corrected chi connectivity index (χ1v) is 9.52. The van der Waals surface area contributed by atoms with Gasteiger partial charge in [0, 0.05) is 30.2 Å². The highest BCUT2D eigenvalue weighted by Gasteiger charge is 2.17. The molecule has 0 nitrogen and oxygen atoms in total. The third-order valence-corrected chi connectivity index (χ3v) is 6.55. The quantitative estimate of drug-likeness (QED) is 0.276. The van der Waals surface area contributed by atoms with E-state index in [0.717, 1.165) is 0 Å². The Morgan fingerprint density at radius 1 is 0.625 bits per heavy atom. The van der Waals surface area contributed by atoms with Gasteiger partial charge in [0.2, 0.25) is 0 Å². The molecule has 0 saturated carbocycles. The molecule has 1 aromatic heterocycles. The molecule has 4 aromatic carbocycles. The summed E-state index contributed by atoms with van der Waals surface area (Å²) in [6.45, 7) is 0. The van der Waals surface area contributed by atoms with E-state index in [1.54, 1.807) is 0 Å². The van der Waals surface area contributed by atoms with Gasteiger partial charge in [-0.3, -0.25) is 0 Å². The molecule has 0 unspecified atom stereocenters. The Labute approximate surface area is 152 Å². The summed E-state index contributed by atoms with van der Waals surface area (Å²) < 4.78 is 3.89. The van der Waals surface area contributed by atoms with Crippen molar-refractivity contribution in [2.75, 3.05) is 0 Å². The lowest BCUT2D eigenvalue weighted by Gasteiger charge is -2.11. The minimum absolute atomic E-state index is 1.20. The topological polar surface area (TPSA) is 0 Å². The Kier molecular flexibility index (Phi) is 3.22. The van der Waals surface area contributed by atoms with Crippen molar-refractivity contribution in [3.05, 3.63) is 83.3 Å². The number of fused-ring (bicyclic) bond motifs is 4. The highest BCUT2D eigenvalue weighted by Crippen LogP contribution is 2.48. The van der Waals surface area contributed by atoms with Gasteiger partial charge in [0.15, 0.2) is 0 Å². The van der Waals surface area contributed by atoms with E-state index in [9.17, 15) is 0 Å². The van der Waals surface area contributed by atoms with E-state index < -0.39 is 0 Å². The van der Waals surface area contributed by atoms with Crippen molar-refractivity contribution in [3.8, 4) is 11.1 Å². The van der Waals surface area contributed by atoms with Crippen molar-refractivity contribution in [2.45, 2.75) is 0 Å². The van der Waals surface area contributed by atoms with Crippen LogP contribution in [-0.2, 0) is 0 Å². The number of hydrogen-bond acceptors (Lipinski definition) is 1. The highest BCUT2D eigenvalue weighted by atomic mass is 79.9. The second-order valence-electron chi connectivity index (χ2n) is 5.90. The van der Waals surface area contributed by atoms with Crippen LogP contribution in [0.4, 0.5) is 0 Å². The van der Waals surface area contributed by atoms with Crippen molar-refractivity contribution >= 4 is 58.2 Å². The summed E-state index contributed by atoms with van der Waals surface area (Å²) in [7, 11) is 0. The minimum atomic E-state index is 1.20. The van der Waals surface area contributed by atoms with E-state index in [0.29, 0.717) is 0 Å². The summed E-state index contributed by atoms with van der Waals surface area (Å²) in [4.78, 5) is 0. The van der Waals surface area contributed by atoms with Gasteiger partial charge in [-0.15, -0.1) is 11.3 Å². The Balaban J connectivity index is 2.10. The van der Waals surface area contributed by atoms with Crippen molar-refractivity contribution in [2.24, 2.45) is 0 Å². The van der Waals surface area contributed by atoms with Crippen LogP contribution < -0.4 is 0 Å². The molecule has 0 aliphatic carbocycles. The first-order valence-electron chi connectivity index (χ1n) is 7.91. The minimum Gasteiger partial charge on any atom is -0.134 e. The normalized spacial score (nSPS) is 11.5. The summed E-state index contributed by atoms with van der Waals surface area (Å²) >= 11 is 5.78. The lowest BCUT2D eigenvalue weighted by molar-refractivity contribution is 1.68. The van der Waals surface area contributed by atoms with Crippen LogP contribution in [0, 0.1) is 0 Å². The lowest BCUT2D eigenvalue weighted by Crippen LogP contribution is -1.84. The van der Waals surface area contributed by atoms with Gasteiger partial charge in [0.1, 0.15) is 0 Å². The lowest BCUT2D eigenvalue weighted by atomic mass is 9.95. The van der Waals surface area contributed by atoms with Crippen LogP contribution in [0.25, 0.3) is 42.1 Å². The largest absolute Gasteiger partial charge is 0.134 e. The molecule has 0 atom stereocenters. The van der Waals surface area contributed by atoms with Crippen LogP contribution in [0.5, 0.6) is 0 Å². The maximum Gasteiger partial charge on any atom is 0.0451 e. The van der Waals surface area contributed by atoms with Gasteiger partial charge >= 0.3 is 0 Å². The van der Waals surface area contributed by atoms with E-state index in [-0.39, 0.29) is 0 Å². The third-order valence-electron chi connectivity index (χ3n) is 4.54. The molecule has 0 amide bonds. The van der Waals surface area contributed by atoms with E-state index in [1.807, 2.05) is 11.3 Å². The third kappa shape index (κ3) is 1.97. The predicted octanol–water partition coefficient (Wildman–Crippen LogP) is 7.64. The molecule has 1 heterocycles. The number of hydrogen-bond donors (Lipinski definition) is 0. The summed E-state index contributed by atoms with van der Waals surface area (Å²) in [6.07, 6.45) is 0. The average Bonchev–Trinajstić information content (AvgIpc) is 3.02. The molecule has 0 saturated heterocycles. The molecule has 5 rings (SSSR count). The van der Waals surface area contributed by atoms with Crippen LogP contribution in [0.1, 0.15) is 0 Å². The molecule has 0 aliphatic rings. The van der Waals surface area contributed by atoms with E-state index in [2.05, 4.69) is 94.8 Å². The summed E-state index contributed by atoms with van der Waals surface area (Å²) in [5.41, 5.74) is 2.61. The zero-order chi connectivity index (χ0) is 16.1. The molecule has 0 N–H and O–H groups in total. The number of benzene rings is 4. The molecular formula is C22H13BrS. The second-order valence-corrected chi connectivity index (χ2v) is 7.75. The molecule has 0 bridgehead atoms. The fraction of sp³-hybridized carbons (Fsp3) is 0. The molecule has 24 heavy (non-hydrogen) atoms. The molecule has 0 fully saturated rings. The van der Waals surface area contributed by atoms with E-state index in [4.69, 9.17) is 0 Å². The standard InChI is InChI=1S/C22H13BrS/c23-21-16-11-5-4-10-15(16)19(14-8-2-1-3-9-14)22-20(21)17-12-6-7-13-18(17)24-22/h1-13H. The van der Waals surface area contributed by atoms with Gasteiger partial charge in [-0.05, 0) is 38.3 Å². The average molecular weight is 389 g/mol. The highest BCUT2D eigenvalue weighted by molar-refractivity contribution is 9.10. The molecule has 0 aliphatic heterocycles. The van der Waals surface area contributed by atoms with Gasteiger partial charge in [-0.1, -0.05) is 72.8 Å². The Morgan fingerprint density at radius 2 is 1.25 bits per heavy atom. The summed E-state index contributed by atoms with van der Waals surface area (Å²) in [6, 6.07) is 28.1. The number of halogens is 1. The zero-order valence-electron chi connectivity index (χ0n) is 12.8. The molecule has 2 heteroatoms. The van der Waals surface area contributed by atoms with E-state index in [1.165, 1.54) is 46.5 Å². The molecular weight excluding hydrogens is 376 g/mol. The SMILES string of the molecule is Brc1c2ccccc2c(-c2ccccc2)c2sc3ccccc3c12. The molecule has 0 spiro atoms. The van der Waals surface area contributed by atoms with Crippen LogP contribution in [0.3, 0.4) is 0 Å². The first kappa shape index (κ1) is 14.2. The number of rotatable bonds is 1. The molecule has 0 radical (unpaired) electrons. The second kappa shape index (κ2) is 5.44. The van der Waals surface area contributed by atoms with Crippen molar-refractivity contribution in [1.29, 1.82) is 0 Å². The van der Waals surface area contributed by atoms with Crippen molar-refractivity contribution in [1.82, 2.24) is 0 Å². The maximum absolute atomic E-state index is 3.90. The smallest absolute Gasteiger partial charge is 0.0451 e. The monoisotopic (exact) mass is 388 g/mol. The fourth-order valence-electron chi connectivity index (χ4n) is 3.48. The Hall–Kier alpha value is -2.16. The summed E-state index contributed by atoms with van der Waals surface area (Å²) in [5, 5.41) is 5.22. The predicted molar refractivity (Wildman–Crippen MR) is 110 cm³/mol. The van der Waals surface area contributed by atoms with Crippen LogP contribution >= 0.6 is 27.3 Å². The number of thiophene rings is 1. The first-order chi connectivity index (χ1) is 11.8. The molecule has 114 valence electrons. The van der Waals surface area contributed by atoms with Gasteiger partial charge in [-0.2, -0.15) is 0 Å².